The third-order valence-corrected chi connectivity index (χ3v) is 7.33. The molecule has 2 aromatic carbocycles. The molecule has 5 rings (SSSR count). The maximum absolute atomic E-state index is 12.8. The van der Waals surface area contributed by atoms with Crippen molar-refractivity contribution >= 4 is 16.7 Å². The van der Waals surface area contributed by atoms with Gasteiger partial charge in [-0.2, -0.15) is 4.98 Å². The van der Waals surface area contributed by atoms with Gasteiger partial charge in [-0.15, -0.1) is 0 Å². The predicted octanol–water partition coefficient (Wildman–Crippen LogP) is 3.35. The zero-order valence-electron chi connectivity index (χ0n) is 21.8. The number of nitrogens with two attached hydrogens (primary N) is 1. The molecule has 0 atom stereocenters. The molecule has 8 heteroatoms. The van der Waals surface area contributed by atoms with Crippen molar-refractivity contribution < 1.29 is 0 Å². The molecule has 1 fully saturated rings. The Morgan fingerprint density at radius 1 is 1.08 bits per heavy atom. The van der Waals surface area contributed by atoms with Gasteiger partial charge in [0.05, 0.1) is 5.69 Å². The van der Waals surface area contributed by atoms with Crippen LogP contribution in [0, 0.1) is 0 Å². The van der Waals surface area contributed by atoms with E-state index in [-0.39, 0.29) is 5.69 Å². The Kier molecular flexibility index (Phi) is 7.69. The minimum atomic E-state index is -0.299. The van der Waals surface area contributed by atoms with Crippen molar-refractivity contribution in [3.8, 4) is 16.9 Å². The van der Waals surface area contributed by atoms with Gasteiger partial charge in [0.25, 0.3) is 0 Å². The molecule has 194 valence electrons. The van der Waals surface area contributed by atoms with Crippen molar-refractivity contribution in [1.82, 2.24) is 24.8 Å². The van der Waals surface area contributed by atoms with Crippen LogP contribution in [0.25, 0.3) is 28.0 Å². The van der Waals surface area contributed by atoms with Gasteiger partial charge in [0.2, 0.25) is 0 Å². The summed E-state index contributed by atoms with van der Waals surface area (Å²) >= 11 is 0. The van der Waals surface area contributed by atoms with Crippen LogP contribution in [0.15, 0.2) is 65.6 Å². The quantitative estimate of drug-likeness (QED) is 0.306. The zero-order valence-corrected chi connectivity index (χ0v) is 21.8. The summed E-state index contributed by atoms with van der Waals surface area (Å²) in [6, 6.07) is 19.4. The largest absolute Gasteiger partial charge is 0.371 e. The Balaban J connectivity index is 1.34. The van der Waals surface area contributed by atoms with E-state index in [9.17, 15) is 4.79 Å². The van der Waals surface area contributed by atoms with Gasteiger partial charge in [0, 0.05) is 54.2 Å². The van der Waals surface area contributed by atoms with Crippen LogP contribution in [-0.4, -0.2) is 65.8 Å². The number of fused-ring (bicyclic) bond motifs is 1. The van der Waals surface area contributed by atoms with Gasteiger partial charge in [0.15, 0.2) is 0 Å². The molecule has 1 aliphatic heterocycles. The lowest BCUT2D eigenvalue weighted by Crippen LogP contribution is -2.41. The van der Waals surface area contributed by atoms with E-state index in [1.165, 1.54) is 18.5 Å². The van der Waals surface area contributed by atoms with Crippen LogP contribution in [0.5, 0.6) is 0 Å². The van der Waals surface area contributed by atoms with Crippen molar-refractivity contribution in [2.24, 2.45) is 5.73 Å². The van der Waals surface area contributed by atoms with E-state index in [1.807, 2.05) is 30.5 Å². The number of nitrogens with zero attached hydrogens (tertiary/aromatic N) is 4. The summed E-state index contributed by atoms with van der Waals surface area (Å²) in [7, 11) is 4.33. The summed E-state index contributed by atoms with van der Waals surface area (Å²) < 4.78 is 1.61. The normalized spacial score (nSPS) is 14.6. The van der Waals surface area contributed by atoms with Gasteiger partial charge in [-0.05, 0) is 82.3 Å². The highest BCUT2D eigenvalue weighted by molar-refractivity contribution is 5.83. The standard InChI is InChI=1S/C29H37N7O/c1-34(2)24-11-15-35(16-12-24)26-6-3-5-22(17-26)27-18-23-20-36(29(37)33-28(23)32-27)25-9-7-21(8-10-25)19-31-14-4-13-30/h3,5-10,17-18,20,24,31H,4,11-16,19,30H2,1-2H3,(H,32,33,37). The van der Waals surface area contributed by atoms with Crippen LogP contribution in [0.2, 0.25) is 0 Å². The maximum Gasteiger partial charge on any atom is 0.354 e. The second-order valence-corrected chi connectivity index (χ2v) is 10.1. The lowest BCUT2D eigenvalue weighted by Gasteiger charge is -2.36. The summed E-state index contributed by atoms with van der Waals surface area (Å²) in [4.78, 5) is 25.3. The van der Waals surface area contributed by atoms with E-state index in [0.29, 0.717) is 18.2 Å². The molecule has 0 bridgehead atoms. The molecule has 0 amide bonds. The van der Waals surface area contributed by atoms with Gasteiger partial charge in [-0.1, -0.05) is 24.3 Å². The Labute approximate surface area is 218 Å². The molecule has 1 saturated heterocycles. The smallest absolute Gasteiger partial charge is 0.354 e. The molecule has 4 aromatic rings. The number of aromatic amines is 1. The van der Waals surface area contributed by atoms with Crippen LogP contribution >= 0.6 is 0 Å². The SMILES string of the molecule is CN(C)C1CCN(c2cccc(-c3cc4cn(-c5ccc(CNCCCN)cc5)c(=O)nc4[nH]3)c2)CC1. The minimum absolute atomic E-state index is 0.299. The van der Waals surface area contributed by atoms with Crippen molar-refractivity contribution in [3.05, 3.63) is 76.8 Å². The first kappa shape index (κ1) is 25.2. The molecule has 0 saturated carbocycles. The lowest BCUT2D eigenvalue weighted by molar-refractivity contribution is 0.249. The van der Waals surface area contributed by atoms with Gasteiger partial charge in [-0.25, -0.2) is 4.79 Å². The summed E-state index contributed by atoms with van der Waals surface area (Å²) in [5.74, 6) is 0. The van der Waals surface area contributed by atoms with E-state index in [2.05, 4.69) is 69.5 Å². The van der Waals surface area contributed by atoms with Crippen LogP contribution in [0.1, 0.15) is 24.8 Å². The number of H-pyrrole nitrogens is 1. The highest BCUT2D eigenvalue weighted by atomic mass is 16.1. The molecule has 0 spiro atoms. The van der Waals surface area contributed by atoms with Crippen LogP contribution < -0.4 is 21.6 Å². The predicted molar refractivity (Wildman–Crippen MR) is 151 cm³/mol. The van der Waals surface area contributed by atoms with Crippen LogP contribution in [0.4, 0.5) is 5.69 Å². The molecule has 0 aliphatic carbocycles. The lowest BCUT2D eigenvalue weighted by atomic mass is 10.0. The highest BCUT2D eigenvalue weighted by Crippen LogP contribution is 2.28. The summed E-state index contributed by atoms with van der Waals surface area (Å²) in [5.41, 5.74) is 11.1. The zero-order chi connectivity index (χ0) is 25.8. The second-order valence-electron chi connectivity index (χ2n) is 10.1. The molecule has 0 unspecified atom stereocenters. The van der Waals surface area contributed by atoms with E-state index in [1.54, 1.807) is 4.57 Å². The number of anilines is 1. The van der Waals surface area contributed by atoms with Gasteiger partial charge in [-0.3, -0.25) is 4.57 Å². The molecule has 0 radical (unpaired) electrons. The number of benzene rings is 2. The summed E-state index contributed by atoms with van der Waals surface area (Å²) in [6.45, 7) is 4.48. The molecule has 8 nitrogen and oxygen atoms in total. The van der Waals surface area contributed by atoms with Crippen molar-refractivity contribution in [2.45, 2.75) is 31.8 Å². The highest BCUT2D eigenvalue weighted by Gasteiger charge is 2.21. The van der Waals surface area contributed by atoms with Gasteiger partial charge >= 0.3 is 5.69 Å². The maximum atomic E-state index is 12.8. The van der Waals surface area contributed by atoms with Crippen molar-refractivity contribution in [1.29, 1.82) is 0 Å². The second kappa shape index (κ2) is 11.3. The Hall–Kier alpha value is -3.46. The van der Waals surface area contributed by atoms with Gasteiger partial charge < -0.3 is 25.8 Å². The Bertz CT molecular complexity index is 1380. The minimum Gasteiger partial charge on any atom is -0.371 e. The summed E-state index contributed by atoms with van der Waals surface area (Å²) in [6.07, 6.45) is 5.17. The number of hydrogen-bond acceptors (Lipinski definition) is 6. The molecule has 2 aromatic heterocycles. The third-order valence-electron chi connectivity index (χ3n) is 7.33. The first-order valence-electron chi connectivity index (χ1n) is 13.2. The molecular formula is C29H37N7O. The molecule has 1 aliphatic rings. The number of hydrogen-bond donors (Lipinski definition) is 3. The van der Waals surface area contributed by atoms with E-state index < -0.39 is 0 Å². The molecule has 37 heavy (non-hydrogen) atoms. The topological polar surface area (TPSA) is 95.2 Å². The fourth-order valence-electron chi connectivity index (χ4n) is 5.08. The number of aromatic nitrogens is 3. The van der Waals surface area contributed by atoms with Crippen molar-refractivity contribution in [2.75, 3.05) is 45.2 Å². The number of nitrogens with one attached hydrogen (secondary N) is 2. The summed E-state index contributed by atoms with van der Waals surface area (Å²) in [5, 5.41) is 4.28. The third kappa shape index (κ3) is 5.77. The fraction of sp³-hybridized carbons (Fsp3) is 0.379. The molecular weight excluding hydrogens is 462 g/mol. The number of piperidine rings is 1. The fourth-order valence-corrected chi connectivity index (χ4v) is 5.08. The van der Waals surface area contributed by atoms with E-state index >= 15 is 0 Å². The molecule has 4 N–H and O–H groups in total. The average molecular weight is 500 g/mol. The number of rotatable bonds is 9. The first-order chi connectivity index (χ1) is 18.0. The van der Waals surface area contributed by atoms with E-state index in [4.69, 9.17) is 5.73 Å². The van der Waals surface area contributed by atoms with Crippen molar-refractivity contribution in [3.63, 3.8) is 0 Å². The van der Waals surface area contributed by atoms with Crippen LogP contribution in [-0.2, 0) is 6.54 Å². The van der Waals surface area contributed by atoms with Gasteiger partial charge in [0.1, 0.15) is 5.65 Å². The molecule has 3 heterocycles. The Morgan fingerprint density at radius 2 is 1.86 bits per heavy atom. The first-order valence-corrected chi connectivity index (χ1v) is 13.2. The Morgan fingerprint density at radius 3 is 2.59 bits per heavy atom. The monoisotopic (exact) mass is 499 g/mol. The van der Waals surface area contributed by atoms with E-state index in [0.717, 1.165) is 60.5 Å². The van der Waals surface area contributed by atoms with Crippen LogP contribution in [0.3, 0.4) is 0 Å². The average Bonchev–Trinajstić information content (AvgIpc) is 3.34.